The highest BCUT2D eigenvalue weighted by molar-refractivity contribution is 9.10. The van der Waals surface area contributed by atoms with E-state index in [2.05, 4.69) is 53.3 Å². The zero-order valence-corrected chi connectivity index (χ0v) is 13.7. The van der Waals surface area contributed by atoms with Gasteiger partial charge >= 0.3 is 0 Å². The van der Waals surface area contributed by atoms with Crippen LogP contribution in [-0.2, 0) is 11.3 Å². The van der Waals surface area contributed by atoms with Gasteiger partial charge in [0.1, 0.15) is 0 Å². The second-order valence-corrected chi connectivity index (χ2v) is 6.58. The third-order valence-corrected chi connectivity index (χ3v) is 4.57. The number of halogens is 1. The number of thioether (sulfide) groups is 1. The van der Waals surface area contributed by atoms with Gasteiger partial charge in [-0.05, 0) is 23.6 Å². The summed E-state index contributed by atoms with van der Waals surface area (Å²) in [6.45, 7) is 7.00. The highest BCUT2D eigenvalue weighted by atomic mass is 79.9. The number of hydrogen-bond donors (Lipinski definition) is 1. The molecule has 0 heterocycles. The van der Waals surface area contributed by atoms with Crippen LogP contribution in [0.4, 0.5) is 0 Å². The van der Waals surface area contributed by atoms with Gasteiger partial charge in [0.15, 0.2) is 0 Å². The first-order chi connectivity index (χ1) is 8.63. The number of nitrogens with one attached hydrogen (secondary N) is 1. The van der Waals surface area contributed by atoms with Crippen LogP contribution in [0.25, 0.3) is 0 Å². The van der Waals surface area contributed by atoms with Crippen molar-refractivity contribution in [1.82, 2.24) is 5.32 Å². The highest BCUT2D eigenvalue weighted by Gasteiger charge is 2.03. The van der Waals surface area contributed by atoms with Crippen LogP contribution in [0.5, 0.6) is 0 Å². The Bertz CT molecular complexity index is 358. The van der Waals surface area contributed by atoms with Crippen molar-refractivity contribution in [3.8, 4) is 0 Å². The maximum atomic E-state index is 5.01. The number of methoxy groups -OCH3 is 1. The van der Waals surface area contributed by atoms with E-state index in [4.69, 9.17) is 4.74 Å². The van der Waals surface area contributed by atoms with Gasteiger partial charge in [0.25, 0.3) is 0 Å². The zero-order chi connectivity index (χ0) is 13.4. The minimum absolute atomic E-state index is 0.726. The Morgan fingerprint density at radius 3 is 2.78 bits per heavy atom. The van der Waals surface area contributed by atoms with Crippen LogP contribution >= 0.6 is 27.7 Å². The van der Waals surface area contributed by atoms with E-state index in [-0.39, 0.29) is 0 Å². The zero-order valence-electron chi connectivity index (χ0n) is 11.3. The Labute approximate surface area is 123 Å². The van der Waals surface area contributed by atoms with E-state index in [0.717, 1.165) is 31.4 Å². The fraction of sp³-hybridized carbons (Fsp3) is 0.571. The molecule has 0 fully saturated rings. The number of rotatable bonds is 8. The molecule has 18 heavy (non-hydrogen) atoms. The summed E-state index contributed by atoms with van der Waals surface area (Å²) in [5.74, 6) is 1.89. The molecule has 0 unspecified atom stereocenters. The lowest BCUT2D eigenvalue weighted by molar-refractivity contribution is 0.199. The van der Waals surface area contributed by atoms with Crippen LogP contribution in [0.15, 0.2) is 27.6 Å². The summed E-state index contributed by atoms with van der Waals surface area (Å²) in [6.07, 6.45) is 0. The SMILES string of the molecule is COCCNCc1ccc(SCC(C)C)cc1Br. The molecule has 1 N–H and O–H groups in total. The van der Waals surface area contributed by atoms with E-state index in [1.165, 1.54) is 14.9 Å². The first kappa shape index (κ1) is 16.0. The first-order valence-electron chi connectivity index (χ1n) is 6.24. The van der Waals surface area contributed by atoms with Crippen molar-refractivity contribution in [3.05, 3.63) is 28.2 Å². The molecule has 0 atom stereocenters. The lowest BCUT2D eigenvalue weighted by Crippen LogP contribution is -2.18. The fourth-order valence-corrected chi connectivity index (χ4v) is 2.98. The minimum Gasteiger partial charge on any atom is -0.383 e. The lowest BCUT2D eigenvalue weighted by Gasteiger charge is -2.09. The molecule has 0 amide bonds. The molecule has 1 aromatic rings. The van der Waals surface area contributed by atoms with Gasteiger partial charge in [-0.15, -0.1) is 11.8 Å². The van der Waals surface area contributed by atoms with E-state index < -0.39 is 0 Å². The summed E-state index contributed by atoms with van der Waals surface area (Å²) < 4.78 is 6.19. The highest BCUT2D eigenvalue weighted by Crippen LogP contribution is 2.26. The van der Waals surface area contributed by atoms with Crippen LogP contribution in [-0.4, -0.2) is 26.0 Å². The molecular formula is C14H22BrNOS. The molecule has 0 radical (unpaired) electrons. The topological polar surface area (TPSA) is 21.3 Å². The maximum Gasteiger partial charge on any atom is 0.0587 e. The largest absolute Gasteiger partial charge is 0.383 e. The molecular weight excluding hydrogens is 310 g/mol. The Morgan fingerprint density at radius 2 is 2.17 bits per heavy atom. The molecule has 0 saturated carbocycles. The molecule has 0 aromatic heterocycles. The second-order valence-electron chi connectivity index (χ2n) is 4.63. The van der Waals surface area contributed by atoms with E-state index in [0.29, 0.717) is 0 Å². The average molecular weight is 332 g/mol. The van der Waals surface area contributed by atoms with Crippen molar-refractivity contribution in [2.45, 2.75) is 25.3 Å². The van der Waals surface area contributed by atoms with Crippen LogP contribution in [0.2, 0.25) is 0 Å². The summed E-state index contributed by atoms with van der Waals surface area (Å²) in [6, 6.07) is 6.60. The van der Waals surface area contributed by atoms with E-state index >= 15 is 0 Å². The Hall–Kier alpha value is -0.0300. The van der Waals surface area contributed by atoms with Crippen molar-refractivity contribution in [2.24, 2.45) is 5.92 Å². The predicted molar refractivity (Wildman–Crippen MR) is 83.3 cm³/mol. The van der Waals surface area contributed by atoms with Crippen LogP contribution < -0.4 is 5.32 Å². The molecule has 0 aliphatic heterocycles. The summed E-state index contributed by atoms with van der Waals surface area (Å²) >= 11 is 5.55. The fourth-order valence-electron chi connectivity index (χ4n) is 1.42. The van der Waals surface area contributed by atoms with Crippen molar-refractivity contribution in [2.75, 3.05) is 26.0 Å². The predicted octanol–water partition coefficient (Wildman–Crippen LogP) is 3.93. The molecule has 0 aliphatic rings. The van der Waals surface area contributed by atoms with Gasteiger partial charge in [-0.1, -0.05) is 35.8 Å². The molecule has 102 valence electrons. The third-order valence-electron chi connectivity index (χ3n) is 2.41. The van der Waals surface area contributed by atoms with Gasteiger partial charge in [0, 0.05) is 35.3 Å². The quantitative estimate of drug-likeness (QED) is 0.576. The van der Waals surface area contributed by atoms with E-state index in [9.17, 15) is 0 Å². The van der Waals surface area contributed by atoms with Crippen LogP contribution in [0, 0.1) is 5.92 Å². The van der Waals surface area contributed by atoms with Gasteiger partial charge < -0.3 is 10.1 Å². The normalized spacial score (nSPS) is 11.2. The van der Waals surface area contributed by atoms with Gasteiger partial charge in [0.05, 0.1) is 6.61 Å². The second kappa shape index (κ2) is 8.97. The smallest absolute Gasteiger partial charge is 0.0587 e. The lowest BCUT2D eigenvalue weighted by atomic mass is 10.2. The van der Waals surface area contributed by atoms with Gasteiger partial charge in [-0.3, -0.25) is 0 Å². The van der Waals surface area contributed by atoms with Gasteiger partial charge in [-0.2, -0.15) is 0 Å². The van der Waals surface area contributed by atoms with E-state index in [1.807, 2.05) is 11.8 Å². The number of hydrogen-bond acceptors (Lipinski definition) is 3. The average Bonchev–Trinajstić information content (AvgIpc) is 2.34. The molecule has 0 spiro atoms. The molecule has 0 aliphatic carbocycles. The summed E-state index contributed by atoms with van der Waals surface area (Å²) in [5, 5.41) is 3.35. The Balaban J connectivity index is 2.46. The molecule has 1 rings (SSSR count). The van der Waals surface area contributed by atoms with Crippen molar-refractivity contribution in [3.63, 3.8) is 0 Å². The summed E-state index contributed by atoms with van der Waals surface area (Å²) in [4.78, 5) is 1.33. The summed E-state index contributed by atoms with van der Waals surface area (Å²) in [5.41, 5.74) is 1.29. The molecule has 0 bridgehead atoms. The number of benzene rings is 1. The third kappa shape index (κ3) is 6.23. The van der Waals surface area contributed by atoms with Crippen molar-refractivity contribution >= 4 is 27.7 Å². The summed E-state index contributed by atoms with van der Waals surface area (Å²) in [7, 11) is 1.72. The van der Waals surface area contributed by atoms with E-state index in [1.54, 1.807) is 7.11 Å². The molecule has 1 aromatic carbocycles. The minimum atomic E-state index is 0.726. The van der Waals surface area contributed by atoms with Crippen molar-refractivity contribution < 1.29 is 4.74 Å². The molecule has 4 heteroatoms. The Kier molecular flexibility index (Phi) is 7.98. The monoisotopic (exact) mass is 331 g/mol. The van der Waals surface area contributed by atoms with Crippen LogP contribution in [0.1, 0.15) is 19.4 Å². The standard InChI is InChI=1S/C14H22BrNOS/c1-11(2)10-18-13-5-4-12(14(15)8-13)9-16-6-7-17-3/h4-5,8,11,16H,6-7,9-10H2,1-3H3. The van der Waals surface area contributed by atoms with Crippen molar-refractivity contribution in [1.29, 1.82) is 0 Å². The molecule has 2 nitrogen and oxygen atoms in total. The van der Waals surface area contributed by atoms with Gasteiger partial charge in [-0.25, -0.2) is 0 Å². The number of ether oxygens (including phenoxy) is 1. The van der Waals surface area contributed by atoms with Gasteiger partial charge in [0.2, 0.25) is 0 Å². The molecule has 0 saturated heterocycles. The maximum absolute atomic E-state index is 5.01. The first-order valence-corrected chi connectivity index (χ1v) is 8.02. The van der Waals surface area contributed by atoms with Crippen LogP contribution in [0.3, 0.4) is 0 Å². The Morgan fingerprint density at radius 1 is 1.39 bits per heavy atom.